The number of rotatable bonds is 5. The number of carbonyl (C=O) groups is 1. The maximum Gasteiger partial charge on any atom is 0.255 e. The van der Waals surface area contributed by atoms with E-state index in [1.54, 1.807) is 0 Å². The molecule has 24 heavy (non-hydrogen) atoms. The van der Waals surface area contributed by atoms with Gasteiger partial charge < -0.3 is 10.6 Å². The van der Waals surface area contributed by atoms with Crippen LogP contribution in [-0.4, -0.2) is 19.0 Å². The molecule has 0 aromatic heterocycles. The highest BCUT2D eigenvalue weighted by molar-refractivity contribution is 6.33. The van der Waals surface area contributed by atoms with Gasteiger partial charge in [-0.3, -0.25) is 4.79 Å². The average molecular weight is 343 g/mol. The Kier molecular flexibility index (Phi) is 4.96. The number of benzene rings is 3. The third-order valence-corrected chi connectivity index (χ3v) is 4.02. The number of anilines is 1. The van der Waals surface area contributed by atoms with Crippen LogP contribution in [0.4, 0.5) is 10.1 Å². The molecule has 0 atom stereocenters. The van der Waals surface area contributed by atoms with Crippen molar-refractivity contribution in [2.24, 2.45) is 0 Å². The Balaban J connectivity index is 1.60. The van der Waals surface area contributed by atoms with Gasteiger partial charge in [-0.1, -0.05) is 54.1 Å². The molecular formula is C19H16ClFN2O. The van der Waals surface area contributed by atoms with Crippen LogP contribution in [0.3, 0.4) is 0 Å². The Bertz CT molecular complexity index is 857. The number of fused-ring (bicyclic) bond motifs is 1. The van der Waals surface area contributed by atoms with Crippen LogP contribution in [0, 0.1) is 5.82 Å². The molecule has 2 N–H and O–H groups in total. The van der Waals surface area contributed by atoms with Crippen molar-refractivity contribution in [1.82, 2.24) is 5.32 Å². The van der Waals surface area contributed by atoms with E-state index in [0.717, 1.165) is 16.5 Å². The van der Waals surface area contributed by atoms with Gasteiger partial charge in [0, 0.05) is 24.2 Å². The quantitative estimate of drug-likeness (QED) is 0.671. The minimum absolute atomic E-state index is 0.106. The maximum atomic E-state index is 13.7. The molecule has 0 bridgehead atoms. The summed E-state index contributed by atoms with van der Waals surface area (Å²) >= 11 is 5.88. The predicted molar refractivity (Wildman–Crippen MR) is 96.2 cm³/mol. The zero-order chi connectivity index (χ0) is 16.9. The molecule has 3 nitrogen and oxygen atoms in total. The van der Waals surface area contributed by atoms with Crippen LogP contribution in [0.2, 0.25) is 5.02 Å². The summed E-state index contributed by atoms with van der Waals surface area (Å²) < 4.78 is 13.7. The van der Waals surface area contributed by atoms with E-state index in [2.05, 4.69) is 10.6 Å². The normalized spacial score (nSPS) is 10.6. The molecule has 0 radical (unpaired) electrons. The van der Waals surface area contributed by atoms with Crippen molar-refractivity contribution in [3.05, 3.63) is 77.1 Å². The molecule has 0 aliphatic rings. The average Bonchev–Trinajstić information content (AvgIpc) is 2.58. The fourth-order valence-corrected chi connectivity index (χ4v) is 2.80. The molecule has 0 unspecified atom stereocenters. The number of hydrogen-bond acceptors (Lipinski definition) is 2. The zero-order valence-corrected chi connectivity index (χ0v) is 13.6. The number of hydrogen-bond donors (Lipinski definition) is 2. The van der Waals surface area contributed by atoms with Crippen molar-refractivity contribution in [3.63, 3.8) is 0 Å². The second-order valence-electron chi connectivity index (χ2n) is 5.31. The molecule has 122 valence electrons. The number of carbonyl (C=O) groups excluding carboxylic acids is 1. The molecule has 5 heteroatoms. The topological polar surface area (TPSA) is 41.1 Å². The molecule has 0 heterocycles. The van der Waals surface area contributed by atoms with E-state index in [1.807, 2.05) is 42.5 Å². The van der Waals surface area contributed by atoms with E-state index >= 15 is 0 Å². The predicted octanol–water partition coefficient (Wildman–Crippen LogP) is 4.47. The molecule has 0 saturated heterocycles. The highest BCUT2D eigenvalue weighted by atomic mass is 35.5. The minimum atomic E-state index is -0.623. The summed E-state index contributed by atoms with van der Waals surface area (Å²) in [4.78, 5) is 12.0. The SMILES string of the molecule is O=C(NCCNc1cccc2ccccc12)c1c(F)cccc1Cl. The second kappa shape index (κ2) is 7.32. The molecular weight excluding hydrogens is 327 g/mol. The van der Waals surface area contributed by atoms with Crippen LogP contribution in [0.5, 0.6) is 0 Å². The van der Waals surface area contributed by atoms with Crippen LogP contribution in [-0.2, 0) is 0 Å². The molecule has 3 rings (SSSR count). The Labute approximate surface area is 144 Å². The van der Waals surface area contributed by atoms with Crippen molar-refractivity contribution in [2.75, 3.05) is 18.4 Å². The van der Waals surface area contributed by atoms with Crippen molar-refractivity contribution >= 4 is 34.0 Å². The fourth-order valence-electron chi connectivity index (χ4n) is 2.56. The van der Waals surface area contributed by atoms with Gasteiger partial charge in [0.15, 0.2) is 0 Å². The molecule has 0 fully saturated rings. The fraction of sp³-hybridized carbons (Fsp3) is 0.105. The lowest BCUT2D eigenvalue weighted by molar-refractivity contribution is 0.0951. The van der Waals surface area contributed by atoms with E-state index < -0.39 is 11.7 Å². The smallest absolute Gasteiger partial charge is 0.255 e. The monoisotopic (exact) mass is 342 g/mol. The Morgan fingerprint density at radius 1 is 0.958 bits per heavy atom. The van der Waals surface area contributed by atoms with Crippen LogP contribution < -0.4 is 10.6 Å². The molecule has 0 aliphatic heterocycles. The van der Waals surface area contributed by atoms with Crippen molar-refractivity contribution in [1.29, 1.82) is 0 Å². The minimum Gasteiger partial charge on any atom is -0.383 e. The standard InChI is InChI=1S/C19H16ClFN2O/c20-15-8-4-9-16(21)18(15)19(24)23-12-11-22-17-10-3-6-13-5-1-2-7-14(13)17/h1-10,22H,11-12H2,(H,23,24). The largest absolute Gasteiger partial charge is 0.383 e. The zero-order valence-electron chi connectivity index (χ0n) is 12.9. The van der Waals surface area contributed by atoms with E-state index in [-0.39, 0.29) is 10.6 Å². The van der Waals surface area contributed by atoms with Gasteiger partial charge in [0.1, 0.15) is 5.82 Å². The van der Waals surface area contributed by atoms with Crippen molar-refractivity contribution in [2.45, 2.75) is 0 Å². The summed E-state index contributed by atoms with van der Waals surface area (Å²) in [7, 11) is 0. The van der Waals surface area contributed by atoms with E-state index in [9.17, 15) is 9.18 Å². The van der Waals surface area contributed by atoms with Gasteiger partial charge in [-0.2, -0.15) is 0 Å². The first-order valence-corrected chi connectivity index (χ1v) is 7.98. The Morgan fingerprint density at radius 3 is 2.54 bits per heavy atom. The summed E-state index contributed by atoms with van der Waals surface area (Å²) in [5, 5.41) is 8.32. The lowest BCUT2D eigenvalue weighted by Gasteiger charge is -2.11. The first-order chi connectivity index (χ1) is 11.7. The summed E-state index contributed by atoms with van der Waals surface area (Å²) in [5.74, 6) is -1.14. The first-order valence-electron chi connectivity index (χ1n) is 7.60. The van der Waals surface area contributed by atoms with E-state index in [4.69, 9.17) is 11.6 Å². The van der Waals surface area contributed by atoms with Gasteiger partial charge in [-0.05, 0) is 23.6 Å². The summed E-state index contributed by atoms with van der Waals surface area (Å²) in [6.45, 7) is 0.874. The highest BCUT2D eigenvalue weighted by Gasteiger charge is 2.14. The van der Waals surface area contributed by atoms with Crippen LogP contribution in [0.15, 0.2) is 60.7 Å². The molecule has 0 spiro atoms. The molecule has 1 amide bonds. The third-order valence-electron chi connectivity index (χ3n) is 3.71. The molecule has 0 aliphatic carbocycles. The number of amides is 1. The van der Waals surface area contributed by atoms with Gasteiger partial charge >= 0.3 is 0 Å². The second-order valence-corrected chi connectivity index (χ2v) is 5.71. The van der Waals surface area contributed by atoms with E-state index in [0.29, 0.717) is 13.1 Å². The van der Waals surface area contributed by atoms with Gasteiger partial charge in [0.05, 0.1) is 10.6 Å². The third kappa shape index (κ3) is 3.49. The number of nitrogens with one attached hydrogen (secondary N) is 2. The Morgan fingerprint density at radius 2 is 1.71 bits per heavy atom. The summed E-state index contributed by atoms with van der Waals surface area (Å²) in [5.41, 5.74) is 0.871. The maximum absolute atomic E-state index is 13.7. The van der Waals surface area contributed by atoms with Gasteiger partial charge in [0.25, 0.3) is 5.91 Å². The first kappa shape index (κ1) is 16.3. The van der Waals surface area contributed by atoms with Crippen molar-refractivity contribution in [3.8, 4) is 0 Å². The van der Waals surface area contributed by atoms with Crippen molar-refractivity contribution < 1.29 is 9.18 Å². The van der Waals surface area contributed by atoms with Crippen LogP contribution >= 0.6 is 11.6 Å². The van der Waals surface area contributed by atoms with Gasteiger partial charge in [-0.25, -0.2) is 4.39 Å². The van der Waals surface area contributed by atoms with E-state index in [1.165, 1.54) is 18.2 Å². The number of halogens is 2. The Hall–Kier alpha value is -2.59. The lowest BCUT2D eigenvalue weighted by Crippen LogP contribution is -2.29. The summed E-state index contributed by atoms with van der Waals surface area (Å²) in [6, 6.07) is 18.2. The summed E-state index contributed by atoms with van der Waals surface area (Å²) in [6.07, 6.45) is 0. The molecule has 3 aromatic rings. The highest BCUT2D eigenvalue weighted by Crippen LogP contribution is 2.22. The molecule has 3 aromatic carbocycles. The van der Waals surface area contributed by atoms with Crippen LogP contribution in [0.1, 0.15) is 10.4 Å². The molecule has 0 saturated carbocycles. The van der Waals surface area contributed by atoms with Gasteiger partial charge in [0.2, 0.25) is 0 Å². The van der Waals surface area contributed by atoms with Crippen LogP contribution in [0.25, 0.3) is 10.8 Å². The lowest BCUT2D eigenvalue weighted by atomic mass is 10.1. The van der Waals surface area contributed by atoms with Gasteiger partial charge in [-0.15, -0.1) is 0 Å².